The number of rotatable bonds is 8. The molecule has 2 atom stereocenters. The molecule has 0 spiro atoms. The summed E-state index contributed by atoms with van der Waals surface area (Å²) in [6.07, 6.45) is 1.70. The largest absolute Gasteiger partial charge is 0.507 e. The Labute approximate surface area is 194 Å². The number of likely N-dealkylation sites (tertiary alicyclic amines) is 1. The second kappa shape index (κ2) is 9.36. The van der Waals surface area contributed by atoms with Crippen molar-refractivity contribution in [3.63, 3.8) is 0 Å². The number of nitriles is 1. The smallest absolute Gasteiger partial charge is 0.254 e. The third kappa shape index (κ3) is 4.23. The van der Waals surface area contributed by atoms with Crippen molar-refractivity contribution in [2.45, 2.75) is 31.1 Å². The van der Waals surface area contributed by atoms with Gasteiger partial charge < -0.3 is 20.6 Å². The first-order chi connectivity index (χ1) is 16.4. The number of anilines is 1. The maximum Gasteiger partial charge on any atom is 0.254 e. The van der Waals surface area contributed by atoms with Gasteiger partial charge in [0.15, 0.2) is 5.82 Å². The molecule has 0 bridgehead atoms. The van der Waals surface area contributed by atoms with Crippen LogP contribution in [-0.2, 0) is 16.9 Å². The molecule has 1 aliphatic heterocycles. The summed E-state index contributed by atoms with van der Waals surface area (Å²) in [5, 5.41) is 26.3. The molecular formula is C23H23FN6O4. The number of carbonyl (C=O) groups excluding carboxylic acids is 2. The molecule has 4 rings (SSSR count). The second-order valence-corrected chi connectivity index (χ2v) is 8.18. The summed E-state index contributed by atoms with van der Waals surface area (Å²) >= 11 is 0. The number of nitrogens with one attached hydrogen (secondary N) is 1. The number of halogens is 1. The van der Waals surface area contributed by atoms with E-state index in [-0.39, 0.29) is 36.5 Å². The topological polar surface area (TPSA) is 150 Å². The van der Waals surface area contributed by atoms with Crippen molar-refractivity contribution in [2.75, 3.05) is 18.4 Å². The Kier molecular flexibility index (Phi) is 6.34. The van der Waals surface area contributed by atoms with Gasteiger partial charge in [0.2, 0.25) is 6.41 Å². The average Bonchev–Trinajstić information content (AvgIpc) is 3.47. The summed E-state index contributed by atoms with van der Waals surface area (Å²) in [7, 11) is 0. The van der Waals surface area contributed by atoms with Crippen LogP contribution in [0.5, 0.6) is 5.75 Å². The SMILES string of the molecule is N#CCC1(n2cc(C(N)=O)c(NC=O)n2)CCN(Cc2ccc(-c3ccco3)c(O)c2)CC1F. The molecule has 1 saturated heterocycles. The van der Waals surface area contributed by atoms with E-state index in [2.05, 4.69) is 10.4 Å². The van der Waals surface area contributed by atoms with Gasteiger partial charge in [-0.3, -0.25) is 19.2 Å². The Morgan fingerprint density at radius 2 is 2.29 bits per heavy atom. The van der Waals surface area contributed by atoms with Crippen LogP contribution in [0.15, 0.2) is 47.2 Å². The van der Waals surface area contributed by atoms with E-state index >= 15 is 4.39 Å². The summed E-state index contributed by atoms with van der Waals surface area (Å²) in [5.41, 5.74) is 5.33. The number of furan rings is 1. The van der Waals surface area contributed by atoms with Crippen LogP contribution in [0.25, 0.3) is 11.3 Å². The first-order valence-electron chi connectivity index (χ1n) is 10.6. The van der Waals surface area contributed by atoms with Gasteiger partial charge in [0.25, 0.3) is 5.91 Å². The molecule has 3 heterocycles. The predicted molar refractivity (Wildman–Crippen MR) is 119 cm³/mol. The van der Waals surface area contributed by atoms with E-state index in [1.807, 2.05) is 17.0 Å². The van der Waals surface area contributed by atoms with Gasteiger partial charge in [-0.1, -0.05) is 6.07 Å². The van der Waals surface area contributed by atoms with Gasteiger partial charge >= 0.3 is 0 Å². The summed E-state index contributed by atoms with van der Waals surface area (Å²) in [6, 6.07) is 10.7. The lowest BCUT2D eigenvalue weighted by molar-refractivity contribution is -0.105. The fraction of sp³-hybridized carbons (Fsp3) is 0.304. The van der Waals surface area contributed by atoms with Gasteiger partial charge in [-0.2, -0.15) is 10.4 Å². The Morgan fingerprint density at radius 1 is 1.47 bits per heavy atom. The van der Waals surface area contributed by atoms with E-state index in [0.717, 1.165) is 5.56 Å². The van der Waals surface area contributed by atoms with Gasteiger partial charge in [0.1, 0.15) is 28.8 Å². The maximum atomic E-state index is 15.7. The van der Waals surface area contributed by atoms with Gasteiger partial charge in [-0.25, -0.2) is 4.39 Å². The van der Waals surface area contributed by atoms with Crippen molar-refractivity contribution < 1.29 is 23.5 Å². The lowest BCUT2D eigenvalue weighted by Crippen LogP contribution is -2.54. The Balaban J connectivity index is 1.54. The van der Waals surface area contributed by atoms with Crippen LogP contribution in [-0.4, -0.2) is 51.4 Å². The van der Waals surface area contributed by atoms with Crippen molar-refractivity contribution in [3.05, 3.63) is 53.9 Å². The minimum atomic E-state index is -1.50. The summed E-state index contributed by atoms with van der Waals surface area (Å²) < 4.78 is 22.2. The number of hydrogen-bond acceptors (Lipinski definition) is 7. The molecule has 1 aromatic carbocycles. The van der Waals surface area contributed by atoms with E-state index < -0.39 is 17.6 Å². The Hall–Kier alpha value is -4.17. The fourth-order valence-corrected chi connectivity index (χ4v) is 4.33. The van der Waals surface area contributed by atoms with Crippen molar-refractivity contribution >= 4 is 18.1 Å². The molecule has 2 unspecified atom stereocenters. The Morgan fingerprint density at radius 3 is 2.91 bits per heavy atom. The van der Waals surface area contributed by atoms with Crippen molar-refractivity contribution in [1.29, 1.82) is 5.26 Å². The van der Waals surface area contributed by atoms with Crippen molar-refractivity contribution in [3.8, 4) is 23.1 Å². The monoisotopic (exact) mass is 466 g/mol. The molecule has 1 aliphatic rings. The molecule has 4 N–H and O–H groups in total. The number of phenolic OH excluding ortho intramolecular Hbond substituents is 1. The number of nitrogens with zero attached hydrogens (tertiary/aromatic N) is 4. The average molecular weight is 466 g/mol. The summed E-state index contributed by atoms with van der Waals surface area (Å²) in [5.74, 6) is -0.300. The van der Waals surface area contributed by atoms with Crippen LogP contribution in [0.1, 0.15) is 28.8 Å². The highest BCUT2D eigenvalue weighted by atomic mass is 19.1. The van der Waals surface area contributed by atoms with E-state index in [0.29, 0.717) is 30.8 Å². The van der Waals surface area contributed by atoms with Gasteiger partial charge in [-0.15, -0.1) is 0 Å². The van der Waals surface area contributed by atoms with Crippen LogP contribution in [0.2, 0.25) is 0 Å². The first kappa shape index (κ1) is 23.0. The second-order valence-electron chi connectivity index (χ2n) is 8.18. The van der Waals surface area contributed by atoms with Crippen LogP contribution < -0.4 is 11.1 Å². The van der Waals surface area contributed by atoms with E-state index in [1.54, 1.807) is 24.3 Å². The number of aromatic hydroxyl groups is 1. The van der Waals surface area contributed by atoms with Gasteiger partial charge in [0, 0.05) is 25.8 Å². The first-order valence-corrected chi connectivity index (χ1v) is 10.6. The minimum Gasteiger partial charge on any atom is -0.507 e. The molecule has 1 fully saturated rings. The normalized spacial score (nSPS) is 20.5. The molecule has 0 radical (unpaired) electrons. The van der Waals surface area contributed by atoms with Crippen LogP contribution in [0, 0.1) is 11.3 Å². The molecule has 2 aromatic heterocycles. The Bertz CT molecular complexity index is 1230. The van der Waals surface area contributed by atoms with Crippen LogP contribution >= 0.6 is 0 Å². The highest BCUT2D eigenvalue weighted by molar-refractivity contribution is 5.99. The van der Waals surface area contributed by atoms with Crippen molar-refractivity contribution in [1.82, 2.24) is 14.7 Å². The maximum absolute atomic E-state index is 15.7. The highest BCUT2D eigenvalue weighted by Gasteiger charge is 2.46. The summed E-state index contributed by atoms with van der Waals surface area (Å²) in [6.45, 7) is 0.828. The number of hydrogen-bond donors (Lipinski definition) is 3. The molecule has 0 saturated carbocycles. The fourth-order valence-electron chi connectivity index (χ4n) is 4.33. The van der Waals surface area contributed by atoms with E-state index in [9.17, 15) is 20.0 Å². The molecule has 0 aliphatic carbocycles. The van der Waals surface area contributed by atoms with E-state index in [1.165, 1.54) is 17.1 Å². The predicted octanol–water partition coefficient (Wildman–Crippen LogP) is 2.37. The number of benzene rings is 1. The lowest BCUT2D eigenvalue weighted by Gasteiger charge is -2.43. The zero-order valence-corrected chi connectivity index (χ0v) is 18.1. The van der Waals surface area contributed by atoms with Gasteiger partial charge in [-0.05, 0) is 36.2 Å². The number of alkyl halides is 1. The number of amides is 2. The number of carbonyl (C=O) groups is 2. The molecule has 10 nitrogen and oxygen atoms in total. The number of phenols is 1. The number of nitrogens with two attached hydrogens (primary N) is 1. The molecule has 2 amide bonds. The quantitative estimate of drug-likeness (QED) is 0.431. The van der Waals surface area contributed by atoms with E-state index in [4.69, 9.17) is 10.2 Å². The molecule has 176 valence electrons. The minimum absolute atomic E-state index is 0.00455. The van der Waals surface area contributed by atoms with Crippen LogP contribution in [0.3, 0.4) is 0 Å². The molecule has 3 aromatic rings. The molecule has 34 heavy (non-hydrogen) atoms. The van der Waals surface area contributed by atoms with Crippen LogP contribution in [0.4, 0.5) is 10.2 Å². The summed E-state index contributed by atoms with van der Waals surface area (Å²) in [4.78, 5) is 24.5. The zero-order chi connectivity index (χ0) is 24.3. The zero-order valence-electron chi connectivity index (χ0n) is 18.1. The number of primary amides is 1. The molecular weight excluding hydrogens is 443 g/mol. The van der Waals surface area contributed by atoms with Gasteiger partial charge in [0.05, 0.1) is 24.3 Å². The number of aromatic nitrogens is 2. The molecule has 11 heteroatoms. The third-order valence-electron chi connectivity index (χ3n) is 6.13. The standard InChI is InChI=1S/C23H23FN6O4/c24-20-13-29(11-15-3-4-16(18(32)10-15)19-2-1-9-34-19)8-6-23(20,5-7-25)30-12-17(21(26)33)22(28-30)27-14-31/h1-4,9-10,12,14,20,32H,5-6,8,11,13H2,(H2,26,33)(H,27,28,31). The highest BCUT2D eigenvalue weighted by Crippen LogP contribution is 2.37. The third-order valence-corrected chi connectivity index (χ3v) is 6.13. The lowest BCUT2D eigenvalue weighted by atomic mass is 9.83. The number of piperidine rings is 1. The van der Waals surface area contributed by atoms with Crippen molar-refractivity contribution in [2.24, 2.45) is 5.73 Å².